The molecule has 3 aliphatic rings. The topological polar surface area (TPSA) is 63.1 Å². The predicted octanol–water partition coefficient (Wildman–Crippen LogP) is 2.52. The number of amides is 1. The number of fused-ring (bicyclic) bond motifs is 2. The first-order valence-corrected chi connectivity index (χ1v) is 10.2. The number of nitrogens with zero attached hydrogens (tertiary/aromatic N) is 4. The van der Waals surface area contributed by atoms with Crippen molar-refractivity contribution < 1.29 is 4.79 Å². The second-order valence-corrected chi connectivity index (χ2v) is 8.63. The zero-order valence-corrected chi connectivity index (χ0v) is 16.0. The Morgan fingerprint density at radius 1 is 1.11 bits per heavy atom. The molecule has 6 nitrogen and oxygen atoms in total. The molecule has 0 bridgehead atoms. The lowest BCUT2D eigenvalue weighted by Crippen LogP contribution is -2.41. The molecule has 1 saturated heterocycles. The normalized spacial score (nSPS) is 24.9. The highest BCUT2D eigenvalue weighted by molar-refractivity contribution is 6.30. The molecule has 1 amide bonds. The maximum atomic E-state index is 12.6. The molecule has 1 saturated carbocycles. The SMILES string of the molecule is O=C(NC1CCC1)c1nnc2n1C[C@@H]1CN(Cc3ccc(Cl)cc3)C[C@H]1C2. The third kappa shape index (κ3) is 3.36. The summed E-state index contributed by atoms with van der Waals surface area (Å²) < 4.78 is 2.06. The summed E-state index contributed by atoms with van der Waals surface area (Å²) in [6, 6.07) is 8.43. The first-order valence-electron chi connectivity index (χ1n) is 9.85. The van der Waals surface area contributed by atoms with Gasteiger partial charge >= 0.3 is 0 Å². The maximum Gasteiger partial charge on any atom is 0.289 e. The Kier molecular flexibility index (Phi) is 4.40. The minimum Gasteiger partial charge on any atom is -0.347 e. The molecule has 1 aromatic heterocycles. The van der Waals surface area contributed by atoms with Crippen LogP contribution in [0.1, 0.15) is 41.3 Å². The number of carbonyl (C=O) groups is 1. The van der Waals surface area contributed by atoms with Crippen molar-refractivity contribution in [1.29, 1.82) is 0 Å². The molecule has 5 rings (SSSR count). The predicted molar refractivity (Wildman–Crippen MR) is 103 cm³/mol. The lowest BCUT2D eigenvalue weighted by molar-refractivity contribution is 0.0898. The zero-order chi connectivity index (χ0) is 18.4. The average molecular weight is 386 g/mol. The van der Waals surface area contributed by atoms with Gasteiger partial charge in [-0.25, -0.2) is 0 Å². The molecule has 2 aromatic rings. The van der Waals surface area contributed by atoms with E-state index in [0.29, 0.717) is 23.7 Å². The summed E-state index contributed by atoms with van der Waals surface area (Å²) in [4.78, 5) is 15.1. The standard InChI is InChI=1S/C20H24ClN5O/c21-16-6-4-13(5-7-16)9-25-10-14-8-18-23-24-19(26(18)12-15(14)11-25)20(27)22-17-2-1-3-17/h4-7,14-15,17H,1-3,8-12H2,(H,22,27)/t14-,15+/m1/s1. The second kappa shape index (κ2) is 6.91. The third-order valence-corrected chi connectivity index (χ3v) is 6.56. The first-order chi connectivity index (χ1) is 13.2. The average Bonchev–Trinajstić information content (AvgIpc) is 3.20. The summed E-state index contributed by atoms with van der Waals surface area (Å²) in [5.74, 6) is 2.54. The van der Waals surface area contributed by atoms with Gasteiger partial charge in [-0.05, 0) is 48.8 Å². The molecule has 1 aromatic carbocycles. The van der Waals surface area contributed by atoms with Gasteiger partial charge in [0.1, 0.15) is 5.82 Å². The van der Waals surface area contributed by atoms with Crippen LogP contribution in [0.15, 0.2) is 24.3 Å². The molecule has 1 aliphatic carbocycles. The van der Waals surface area contributed by atoms with Crippen LogP contribution in [-0.2, 0) is 19.5 Å². The Labute approximate surface area is 163 Å². The summed E-state index contributed by atoms with van der Waals surface area (Å²) in [7, 11) is 0. The third-order valence-electron chi connectivity index (χ3n) is 6.30. The zero-order valence-electron chi connectivity index (χ0n) is 15.3. The summed E-state index contributed by atoms with van der Waals surface area (Å²) in [5.41, 5.74) is 1.29. The van der Waals surface area contributed by atoms with Gasteiger partial charge in [-0.1, -0.05) is 23.7 Å². The van der Waals surface area contributed by atoms with Crippen LogP contribution in [0.4, 0.5) is 0 Å². The number of likely N-dealkylation sites (tertiary alicyclic amines) is 1. The largest absolute Gasteiger partial charge is 0.347 e. The van der Waals surface area contributed by atoms with Crippen molar-refractivity contribution in [3.8, 4) is 0 Å². The Morgan fingerprint density at radius 2 is 1.89 bits per heavy atom. The summed E-state index contributed by atoms with van der Waals surface area (Å²) >= 11 is 5.99. The van der Waals surface area contributed by atoms with Gasteiger partial charge in [0.15, 0.2) is 0 Å². The van der Waals surface area contributed by atoms with Gasteiger partial charge in [-0.2, -0.15) is 0 Å². The van der Waals surface area contributed by atoms with Crippen molar-refractivity contribution in [2.75, 3.05) is 13.1 Å². The summed E-state index contributed by atoms with van der Waals surface area (Å²) in [6.07, 6.45) is 4.27. The second-order valence-electron chi connectivity index (χ2n) is 8.20. The van der Waals surface area contributed by atoms with Gasteiger partial charge in [0, 0.05) is 43.7 Å². The summed E-state index contributed by atoms with van der Waals surface area (Å²) in [6.45, 7) is 3.91. The number of hydrogen-bond donors (Lipinski definition) is 1. The van der Waals surface area contributed by atoms with E-state index in [1.807, 2.05) is 12.1 Å². The van der Waals surface area contributed by atoms with Crippen LogP contribution in [0.2, 0.25) is 5.02 Å². The smallest absolute Gasteiger partial charge is 0.289 e. The fourth-order valence-electron chi connectivity index (χ4n) is 4.57. The fraction of sp³-hybridized carbons (Fsp3) is 0.550. The van der Waals surface area contributed by atoms with E-state index in [1.165, 1.54) is 12.0 Å². The van der Waals surface area contributed by atoms with E-state index in [-0.39, 0.29) is 5.91 Å². The number of benzene rings is 1. The highest BCUT2D eigenvalue weighted by atomic mass is 35.5. The lowest BCUT2D eigenvalue weighted by atomic mass is 9.89. The molecular formula is C20H24ClN5O. The molecule has 2 atom stereocenters. The monoisotopic (exact) mass is 385 g/mol. The van der Waals surface area contributed by atoms with E-state index in [1.54, 1.807) is 0 Å². The molecule has 1 N–H and O–H groups in total. The van der Waals surface area contributed by atoms with Crippen LogP contribution in [0.5, 0.6) is 0 Å². The van der Waals surface area contributed by atoms with E-state index in [0.717, 1.165) is 56.3 Å². The number of hydrogen-bond acceptors (Lipinski definition) is 4. The van der Waals surface area contributed by atoms with Crippen LogP contribution in [-0.4, -0.2) is 44.7 Å². The molecule has 2 aliphatic heterocycles. The van der Waals surface area contributed by atoms with Crippen molar-refractivity contribution >= 4 is 17.5 Å². The van der Waals surface area contributed by atoms with Crippen LogP contribution >= 0.6 is 11.6 Å². The van der Waals surface area contributed by atoms with Crippen molar-refractivity contribution in [3.63, 3.8) is 0 Å². The molecule has 0 radical (unpaired) electrons. The maximum absolute atomic E-state index is 12.6. The van der Waals surface area contributed by atoms with Crippen LogP contribution in [0, 0.1) is 11.8 Å². The van der Waals surface area contributed by atoms with E-state index in [2.05, 4.69) is 37.1 Å². The molecule has 2 fully saturated rings. The van der Waals surface area contributed by atoms with Gasteiger partial charge in [0.05, 0.1) is 0 Å². The number of aromatic nitrogens is 3. The Bertz CT molecular complexity index is 845. The van der Waals surface area contributed by atoms with E-state index < -0.39 is 0 Å². The van der Waals surface area contributed by atoms with E-state index >= 15 is 0 Å². The summed E-state index contributed by atoms with van der Waals surface area (Å²) in [5, 5.41) is 12.4. The molecule has 7 heteroatoms. The van der Waals surface area contributed by atoms with Crippen LogP contribution < -0.4 is 5.32 Å². The van der Waals surface area contributed by atoms with Crippen molar-refractivity contribution in [3.05, 3.63) is 46.5 Å². The minimum absolute atomic E-state index is 0.0621. The molecular weight excluding hydrogens is 362 g/mol. The van der Waals surface area contributed by atoms with E-state index in [9.17, 15) is 4.79 Å². The van der Waals surface area contributed by atoms with Crippen LogP contribution in [0.25, 0.3) is 0 Å². The van der Waals surface area contributed by atoms with Crippen LogP contribution in [0.3, 0.4) is 0 Å². The molecule has 0 spiro atoms. The van der Waals surface area contributed by atoms with Crippen molar-refractivity contribution in [2.45, 2.75) is 44.8 Å². The van der Waals surface area contributed by atoms with Gasteiger partial charge in [0.25, 0.3) is 5.91 Å². The number of halogens is 1. The van der Waals surface area contributed by atoms with Crippen molar-refractivity contribution in [1.82, 2.24) is 25.0 Å². The highest BCUT2D eigenvalue weighted by Crippen LogP contribution is 2.33. The Balaban J connectivity index is 1.26. The number of nitrogens with one attached hydrogen (secondary N) is 1. The Hall–Kier alpha value is -1.92. The number of carbonyl (C=O) groups excluding carboxylic acids is 1. The van der Waals surface area contributed by atoms with E-state index in [4.69, 9.17) is 11.6 Å². The van der Waals surface area contributed by atoms with Crippen molar-refractivity contribution in [2.24, 2.45) is 11.8 Å². The van der Waals surface area contributed by atoms with Gasteiger partial charge in [-0.15, -0.1) is 10.2 Å². The fourth-order valence-corrected chi connectivity index (χ4v) is 4.69. The number of rotatable bonds is 4. The highest BCUT2D eigenvalue weighted by Gasteiger charge is 2.39. The Morgan fingerprint density at radius 3 is 2.63 bits per heavy atom. The van der Waals surface area contributed by atoms with Gasteiger partial charge in [-0.3, -0.25) is 9.69 Å². The molecule has 3 heterocycles. The quantitative estimate of drug-likeness (QED) is 0.878. The van der Waals surface area contributed by atoms with Gasteiger partial charge < -0.3 is 9.88 Å². The first kappa shape index (κ1) is 17.2. The molecule has 0 unspecified atom stereocenters. The molecule has 27 heavy (non-hydrogen) atoms. The molecule has 142 valence electrons. The lowest BCUT2D eigenvalue weighted by Gasteiger charge is -2.28. The minimum atomic E-state index is -0.0621. The van der Waals surface area contributed by atoms with Gasteiger partial charge in [0.2, 0.25) is 5.82 Å².